The summed E-state index contributed by atoms with van der Waals surface area (Å²) < 4.78 is 0. The molecule has 1 aromatic carbocycles. The number of hydrogen-bond donors (Lipinski definition) is 1. The minimum atomic E-state index is 0. The topological polar surface area (TPSA) is 32.3 Å². The Balaban J connectivity index is 0.00000147. The number of likely N-dealkylation sites (tertiary alicyclic amines) is 1. The molecule has 1 N–H and O–H groups in total. The molecule has 0 bridgehead atoms. The van der Waals surface area contributed by atoms with E-state index in [9.17, 15) is 4.79 Å². The Labute approximate surface area is 127 Å². The predicted molar refractivity (Wildman–Crippen MR) is 83.5 cm³/mol. The van der Waals surface area contributed by atoms with Crippen molar-refractivity contribution in [2.24, 2.45) is 11.8 Å². The van der Waals surface area contributed by atoms with E-state index in [0.717, 1.165) is 49.6 Å². The van der Waals surface area contributed by atoms with Gasteiger partial charge in [0.25, 0.3) is 5.91 Å². The minimum absolute atomic E-state index is 0. The van der Waals surface area contributed by atoms with Crippen LogP contribution in [-0.2, 0) is 0 Å². The third kappa shape index (κ3) is 2.84. The maximum atomic E-state index is 12.6. The number of rotatable bonds is 1. The second kappa shape index (κ2) is 6.15. The normalized spacial score (nSPS) is 25.0. The van der Waals surface area contributed by atoms with E-state index in [0.29, 0.717) is 5.92 Å². The van der Waals surface area contributed by atoms with Crippen molar-refractivity contribution < 1.29 is 4.79 Å². The summed E-state index contributed by atoms with van der Waals surface area (Å²) in [5.41, 5.74) is 3.18. The average Bonchev–Trinajstić information content (AvgIpc) is 2.85. The number of hydrogen-bond acceptors (Lipinski definition) is 2. The van der Waals surface area contributed by atoms with Gasteiger partial charge in [0, 0.05) is 18.7 Å². The van der Waals surface area contributed by atoms with Crippen LogP contribution < -0.4 is 5.32 Å². The summed E-state index contributed by atoms with van der Waals surface area (Å²) in [6, 6.07) is 6.10. The molecule has 0 aliphatic carbocycles. The van der Waals surface area contributed by atoms with Gasteiger partial charge in [-0.15, -0.1) is 12.4 Å². The number of nitrogens with zero attached hydrogens (tertiary/aromatic N) is 1. The zero-order valence-corrected chi connectivity index (χ0v) is 13.0. The molecule has 1 amide bonds. The fourth-order valence-electron chi connectivity index (χ4n) is 3.44. The monoisotopic (exact) mass is 294 g/mol. The predicted octanol–water partition coefficient (Wildman–Crippen LogP) is 2.41. The first-order chi connectivity index (χ1) is 9.15. The van der Waals surface area contributed by atoms with Gasteiger partial charge in [-0.2, -0.15) is 0 Å². The molecule has 2 unspecified atom stereocenters. The van der Waals surface area contributed by atoms with Gasteiger partial charge >= 0.3 is 0 Å². The first-order valence-corrected chi connectivity index (χ1v) is 7.22. The van der Waals surface area contributed by atoms with Gasteiger partial charge in [0.1, 0.15) is 0 Å². The van der Waals surface area contributed by atoms with Gasteiger partial charge in [-0.25, -0.2) is 0 Å². The molecule has 4 heteroatoms. The van der Waals surface area contributed by atoms with Crippen LogP contribution in [0.3, 0.4) is 0 Å². The van der Waals surface area contributed by atoms with E-state index in [1.54, 1.807) is 0 Å². The molecule has 2 aliphatic heterocycles. The Bertz CT molecular complexity index is 503. The van der Waals surface area contributed by atoms with Gasteiger partial charge in [0.15, 0.2) is 0 Å². The van der Waals surface area contributed by atoms with Crippen molar-refractivity contribution in [2.45, 2.75) is 20.3 Å². The van der Waals surface area contributed by atoms with Gasteiger partial charge in [-0.3, -0.25) is 4.79 Å². The van der Waals surface area contributed by atoms with Crippen LogP contribution in [0.2, 0.25) is 0 Å². The summed E-state index contributed by atoms with van der Waals surface area (Å²) in [5.74, 6) is 1.65. The molecule has 2 atom stereocenters. The van der Waals surface area contributed by atoms with Crippen molar-refractivity contribution in [3.63, 3.8) is 0 Å². The van der Waals surface area contributed by atoms with E-state index in [4.69, 9.17) is 0 Å². The average molecular weight is 295 g/mol. The Kier molecular flexibility index (Phi) is 4.71. The lowest BCUT2D eigenvalue weighted by Gasteiger charge is -2.34. The molecule has 110 valence electrons. The van der Waals surface area contributed by atoms with Crippen molar-refractivity contribution in [2.75, 3.05) is 26.2 Å². The van der Waals surface area contributed by atoms with E-state index in [-0.39, 0.29) is 18.3 Å². The maximum absolute atomic E-state index is 12.6. The lowest BCUT2D eigenvalue weighted by atomic mass is 9.88. The van der Waals surface area contributed by atoms with Crippen molar-refractivity contribution in [1.29, 1.82) is 0 Å². The van der Waals surface area contributed by atoms with Crippen LogP contribution in [0.4, 0.5) is 0 Å². The molecular weight excluding hydrogens is 272 g/mol. The van der Waals surface area contributed by atoms with Crippen molar-refractivity contribution >= 4 is 18.3 Å². The zero-order chi connectivity index (χ0) is 13.4. The second-order valence-electron chi connectivity index (χ2n) is 6.04. The van der Waals surface area contributed by atoms with Crippen LogP contribution in [0, 0.1) is 25.7 Å². The summed E-state index contributed by atoms with van der Waals surface area (Å²) in [7, 11) is 0. The SMILES string of the molecule is Cc1ccc(C(=O)N2CCC3CNCC3C2)c(C)c1.Cl. The highest BCUT2D eigenvalue weighted by Gasteiger charge is 2.34. The standard InChI is InChI=1S/C16H22N2O.ClH/c1-11-3-4-15(12(2)7-11)16(19)18-6-5-13-8-17-9-14(13)10-18;/h3-4,7,13-14,17H,5-6,8-10H2,1-2H3;1H. The molecule has 0 spiro atoms. The summed E-state index contributed by atoms with van der Waals surface area (Å²) in [6.07, 6.45) is 1.15. The Morgan fingerprint density at radius 2 is 2.00 bits per heavy atom. The Hall–Kier alpha value is -1.06. The van der Waals surface area contributed by atoms with E-state index in [1.807, 2.05) is 24.0 Å². The molecule has 3 rings (SSSR count). The van der Waals surface area contributed by atoms with Crippen molar-refractivity contribution in [3.8, 4) is 0 Å². The van der Waals surface area contributed by atoms with E-state index in [2.05, 4.69) is 18.3 Å². The van der Waals surface area contributed by atoms with Crippen LogP contribution in [0.15, 0.2) is 18.2 Å². The maximum Gasteiger partial charge on any atom is 0.254 e. The number of amides is 1. The van der Waals surface area contributed by atoms with Gasteiger partial charge in [-0.05, 0) is 56.8 Å². The molecule has 2 heterocycles. The molecule has 3 nitrogen and oxygen atoms in total. The summed E-state index contributed by atoms with van der Waals surface area (Å²) in [6.45, 7) is 8.14. The fraction of sp³-hybridized carbons (Fsp3) is 0.562. The molecule has 2 aliphatic rings. The summed E-state index contributed by atoms with van der Waals surface area (Å²) in [4.78, 5) is 14.7. The molecule has 20 heavy (non-hydrogen) atoms. The lowest BCUT2D eigenvalue weighted by molar-refractivity contribution is 0.0642. The molecular formula is C16H23ClN2O. The van der Waals surface area contributed by atoms with Crippen molar-refractivity contribution in [3.05, 3.63) is 34.9 Å². The van der Waals surface area contributed by atoms with E-state index < -0.39 is 0 Å². The third-order valence-electron chi connectivity index (χ3n) is 4.60. The molecule has 1 aromatic rings. The smallest absolute Gasteiger partial charge is 0.254 e. The lowest BCUT2D eigenvalue weighted by Crippen LogP contribution is -2.43. The molecule has 0 saturated carbocycles. The number of aryl methyl sites for hydroxylation is 2. The third-order valence-corrected chi connectivity index (χ3v) is 4.60. The summed E-state index contributed by atoms with van der Waals surface area (Å²) >= 11 is 0. The van der Waals surface area contributed by atoms with Crippen LogP contribution in [0.1, 0.15) is 27.9 Å². The molecule has 2 saturated heterocycles. The summed E-state index contributed by atoms with van der Waals surface area (Å²) in [5, 5.41) is 3.44. The zero-order valence-electron chi connectivity index (χ0n) is 12.2. The second-order valence-corrected chi connectivity index (χ2v) is 6.04. The highest BCUT2D eigenvalue weighted by molar-refractivity contribution is 5.95. The van der Waals surface area contributed by atoms with Crippen LogP contribution in [0.25, 0.3) is 0 Å². The first kappa shape index (κ1) is 15.3. The quantitative estimate of drug-likeness (QED) is 0.863. The number of carbonyl (C=O) groups is 1. The van der Waals surface area contributed by atoms with Gasteiger partial charge in [-0.1, -0.05) is 17.7 Å². The van der Waals surface area contributed by atoms with E-state index in [1.165, 1.54) is 5.56 Å². The van der Waals surface area contributed by atoms with Gasteiger partial charge < -0.3 is 10.2 Å². The number of halogens is 1. The highest BCUT2D eigenvalue weighted by Crippen LogP contribution is 2.27. The number of carbonyl (C=O) groups excluding carboxylic acids is 1. The molecule has 2 fully saturated rings. The number of piperidine rings is 1. The van der Waals surface area contributed by atoms with Crippen LogP contribution in [0.5, 0.6) is 0 Å². The highest BCUT2D eigenvalue weighted by atomic mass is 35.5. The number of fused-ring (bicyclic) bond motifs is 1. The van der Waals surface area contributed by atoms with Crippen LogP contribution in [-0.4, -0.2) is 37.0 Å². The Morgan fingerprint density at radius 1 is 1.25 bits per heavy atom. The minimum Gasteiger partial charge on any atom is -0.338 e. The molecule has 0 aromatic heterocycles. The van der Waals surface area contributed by atoms with Gasteiger partial charge in [0.2, 0.25) is 0 Å². The first-order valence-electron chi connectivity index (χ1n) is 7.22. The largest absolute Gasteiger partial charge is 0.338 e. The van der Waals surface area contributed by atoms with E-state index >= 15 is 0 Å². The fourth-order valence-corrected chi connectivity index (χ4v) is 3.44. The number of nitrogens with one attached hydrogen (secondary N) is 1. The van der Waals surface area contributed by atoms with Crippen molar-refractivity contribution in [1.82, 2.24) is 10.2 Å². The van der Waals surface area contributed by atoms with Gasteiger partial charge in [0.05, 0.1) is 0 Å². The number of benzene rings is 1. The molecule has 0 radical (unpaired) electrons. The Morgan fingerprint density at radius 3 is 2.75 bits per heavy atom. The van der Waals surface area contributed by atoms with Crippen LogP contribution >= 0.6 is 12.4 Å².